The fourth-order valence-electron chi connectivity index (χ4n) is 0.365. The molecule has 0 N–H and O–H groups in total. The summed E-state index contributed by atoms with van der Waals surface area (Å²) in [6.45, 7) is -1.91. The summed E-state index contributed by atoms with van der Waals surface area (Å²) < 4.78 is 62.4. The van der Waals surface area contributed by atoms with Crippen molar-refractivity contribution in [2.45, 2.75) is 19.0 Å². The van der Waals surface area contributed by atoms with Crippen LogP contribution in [0.2, 0.25) is 0 Å². The van der Waals surface area contributed by atoms with Gasteiger partial charge in [-0.05, 0) is 6.92 Å². The van der Waals surface area contributed by atoms with Crippen LogP contribution in [0.25, 0.3) is 0 Å². The van der Waals surface area contributed by atoms with Gasteiger partial charge in [0.05, 0.1) is 6.61 Å². The molecule has 0 amide bonds. The van der Waals surface area contributed by atoms with Gasteiger partial charge >= 0.3 is 12.0 Å². The Morgan fingerprint density at radius 3 is 1.91 bits per heavy atom. The normalized spacial score (nSPS) is 13.6. The Bertz CT molecular complexity index is 124. The minimum atomic E-state index is -4.73. The zero-order chi connectivity index (χ0) is 9.12. The van der Waals surface area contributed by atoms with E-state index in [9.17, 15) is 22.0 Å². The Kier molecular flexibility index (Phi) is 3.22. The maximum atomic E-state index is 12.0. The van der Waals surface area contributed by atoms with Crippen molar-refractivity contribution in [1.82, 2.24) is 0 Å². The van der Waals surface area contributed by atoms with Crippen molar-refractivity contribution in [3.8, 4) is 0 Å². The Balaban J connectivity index is 4.26. The lowest BCUT2D eigenvalue weighted by Gasteiger charge is -2.22. The van der Waals surface area contributed by atoms with Crippen molar-refractivity contribution in [3.05, 3.63) is 0 Å². The van der Waals surface area contributed by atoms with Crippen LogP contribution in [0.3, 0.4) is 0 Å². The summed E-state index contributed by atoms with van der Waals surface area (Å²) in [5, 5.41) is 0. The molecule has 1 nitrogen and oxygen atoms in total. The fraction of sp³-hybridized carbons (Fsp3) is 1.00. The van der Waals surface area contributed by atoms with E-state index in [2.05, 4.69) is 4.74 Å². The van der Waals surface area contributed by atoms with Crippen LogP contribution >= 0.6 is 0 Å². The van der Waals surface area contributed by atoms with E-state index in [4.69, 9.17) is 0 Å². The molecule has 0 aromatic heterocycles. The van der Waals surface area contributed by atoms with Crippen molar-refractivity contribution >= 4 is 0 Å². The molecule has 0 spiro atoms. The third kappa shape index (κ3) is 2.28. The molecule has 0 rings (SSSR count). The molecule has 0 bridgehead atoms. The van der Waals surface area contributed by atoms with Crippen molar-refractivity contribution < 1.29 is 26.7 Å². The van der Waals surface area contributed by atoms with Gasteiger partial charge in [-0.3, -0.25) is 0 Å². The molecule has 0 atom stereocenters. The highest BCUT2D eigenvalue weighted by atomic mass is 19.3. The average Bonchev–Trinajstić information content (AvgIpc) is 1.87. The van der Waals surface area contributed by atoms with Gasteiger partial charge in [0.25, 0.3) is 0 Å². The number of alkyl halides is 5. The highest BCUT2D eigenvalue weighted by Gasteiger charge is 2.57. The van der Waals surface area contributed by atoms with Gasteiger partial charge < -0.3 is 4.74 Å². The molecular weight excluding hydrogens is 171 g/mol. The van der Waals surface area contributed by atoms with Gasteiger partial charge in [-0.1, -0.05) is 0 Å². The van der Waals surface area contributed by atoms with Crippen LogP contribution in [0, 0.1) is 0 Å². The molecule has 0 saturated carbocycles. The van der Waals surface area contributed by atoms with Crippen LogP contribution in [0.1, 0.15) is 6.92 Å². The SMILES string of the molecule is CCOC(F)(F)C(F)(F)CF. The Hall–Kier alpha value is -0.390. The summed E-state index contributed by atoms with van der Waals surface area (Å²) in [5.74, 6) is -4.73. The summed E-state index contributed by atoms with van der Waals surface area (Å²) in [6, 6.07) is 0. The molecule has 68 valence electrons. The first-order valence-electron chi connectivity index (χ1n) is 2.83. The molecular formula is C5H7F5O. The molecule has 6 heteroatoms. The second-order valence-corrected chi connectivity index (χ2v) is 1.79. The first-order chi connectivity index (χ1) is 4.87. The van der Waals surface area contributed by atoms with Crippen LogP contribution < -0.4 is 0 Å². The first-order valence-corrected chi connectivity index (χ1v) is 2.83. The minimum Gasteiger partial charge on any atom is -0.316 e. The largest absolute Gasteiger partial charge is 0.422 e. The number of hydrogen-bond donors (Lipinski definition) is 0. The molecule has 0 aliphatic rings. The van der Waals surface area contributed by atoms with Gasteiger partial charge in [-0.2, -0.15) is 17.6 Å². The maximum Gasteiger partial charge on any atom is 0.422 e. The van der Waals surface area contributed by atoms with Crippen molar-refractivity contribution in [1.29, 1.82) is 0 Å². The second-order valence-electron chi connectivity index (χ2n) is 1.79. The molecule has 0 fully saturated rings. The Morgan fingerprint density at radius 2 is 1.64 bits per heavy atom. The standard InChI is InChI=1S/C5H7F5O/c1-2-11-5(9,10)4(7,8)3-6/h2-3H2,1H3. The summed E-state index contributed by atoms with van der Waals surface area (Å²) in [4.78, 5) is 0. The van der Waals surface area contributed by atoms with Crippen LogP contribution in [0.15, 0.2) is 0 Å². The maximum absolute atomic E-state index is 12.0. The van der Waals surface area contributed by atoms with Gasteiger partial charge in [0.2, 0.25) is 0 Å². The zero-order valence-corrected chi connectivity index (χ0v) is 5.71. The summed E-state index contributed by atoms with van der Waals surface area (Å²) in [7, 11) is 0. The zero-order valence-electron chi connectivity index (χ0n) is 5.71. The topological polar surface area (TPSA) is 9.23 Å². The second kappa shape index (κ2) is 3.34. The molecule has 0 aromatic rings. The van der Waals surface area contributed by atoms with E-state index in [1.54, 1.807) is 0 Å². The van der Waals surface area contributed by atoms with Gasteiger partial charge in [0.15, 0.2) is 6.67 Å². The first kappa shape index (κ1) is 10.6. The van der Waals surface area contributed by atoms with E-state index in [1.807, 2.05) is 0 Å². The van der Waals surface area contributed by atoms with Crippen LogP contribution in [0.5, 0.6) is 0 Å². The van der Waals surface area contributed by atoms with Crippen molar-refractivity contribution in [3.63, 3.8) is 0 Å². The van der Waals surface area contributed by atoms with E-state index in [-0.39, 0.29) is 0 Å². The quantitative estimate of drug-likeness (QED) is 0.599. The van der Waals surface area contributed by atoms with E-state index >= 15 is 0 Å². The average molecular weight is 178 g/mol. The third-order valence-corrected chi connectivity index (χ3v) is 0.919. The Labute approximate surface area is 60.1 Å². The van der Waals surface area contributed by atoms with Gasteiger partial charge in [0.1, 0.15) is 0 Å². The number of hydrogen-bond acceptors (Lipinski definition) is 1. The molecule has 11 heavy (non-hydrogen) atoms. The fourth-order valence-corrected chi connectivity index (χ4v) is 0.365. The van der Waals surface area contributed by atoms with E-state index in [0.29, 0.717) is 0 Å². The Morgan fingerprint density at radius 1 is 1.18 bits per heavy atom. The molecule has 0 aliphatic carbocycles. The minimum absolute atomic E-state index is 0.595. The summed E-state index contributed by atoms with van der Waals surface area (Å²) in [5.41, 5.74) is 0. The van der Waals surface area contributed by atoms with Gasteiger partial charge in [-0.25, -0.2) is 4.39 Å². The molecule has 0 heterocycles. The number of rotatable bonds is 4. The summed E-state index contributed by atoms with van der Waals surface area (Å²) >= 11 is 0. The molecule has 0 unspecified atom stereocenters. The molecule has 0 radical (unpaired) electrons. The number of halogens is 5. The lowest BCUT2D eigenvalue weighted by atomic mass is 10.3. The molecule has 0 aromatic carbocycles. The van der Waals surface area contributed by atoms with Crippen molar-refractivity contribution in [2.75, 3.05) is 13.3 Å². The van der Waals surface area contributed by atoms with Crippen LogP contribution in [0.4, 0.5) is 22.0 Å². The van der Waals surface area contributed by atoms with E-state index in [1.165, 1.54) is 0 Å². The van der Waals surface area contributed by atoms with Gasteiger partial charge in [-0.15, -0.1) is 0 Å². The lowest BCUT2D eigenvalue weighted by molar-refractivity contribution is -0.348. The highest BCUT2D eigenvalue weighted by molar-refractivity contribution is 4.75. The predicted octanol–water partition coefficient (Wildman–Crippen LogP) is 2.22. The van der Waals surface area contributed by atoms with Crippen LogP contribution in [-0.4, -0.2) is 25.3 Å². The third-order valence-electron chi connectivity index (χ3n) is 0.919. The van der Waals surface area contributed by atoms with E-state index < -0.39 is 25.3 Å². The highest BCUT2D eigenvalue weighted by Crippen LogP contribution is 2.35. The molecule has 0 aliphatic heterocycles. The van der Waals surface area contributed by atoms with Crippen molar-refractivity contribution in [2.24, 2.45) is 0 Å². The monoisotopic (exact) mass is 178 g/mol. The number of ether oxygens (including phenoxy) is 1. The van der Waals surface area contributed by atoms with Gasteiger partial charge in [0, 0.05) is 0 Å². The van der Waals surface area contributed by atoms with Crippen LogP contribution in [-0.2, 0) is 4.74 Å². The predicted molar refractivity (Wildman–Crippen MR) is 27.5 cm³/mol. The molecule has 0 saturated heterocycles. The summed E-state index contributed by atoms with van der Waals surface area (Å²) in [6.07, 6.45) is -4.71. The smallest absolute Gasteiger partial charge is 0.316 e. The lowest BCUT2D eigenvalue weighted by Crippen LogP contribution is -2.44. The van der Waals surface area contributed by atoms with E-state index in [0.717, 1.165) is 6.92 Å².